The Bertz CT molecular complexity index is 479. The number of methoxy groups -OCH3 is 1. The molecule has 0 aliphatic heterocycles. The summed E-state index contributed by atoms with van der Waals surface area (Å²) in [5.41, 5.74) is 9.44. The molecular weight excluding hydrogens is 270 g/mol. The Morgan fingerprint density at radius 2 is 2.09 bits per heavy atom. The highest BCUT2D eigenvalue weighted by Crippen LogP contribution is 2.47. The van der Waals surface area contributed by atoms with Crippen molar-refractivity contribution in [1.29, 1.82) is 0 Å². The summed E-state index contributed by atoms with van der Waals surface area (Å²) in [6.45, 7) is 7.73. The summed E-state index contributed by atoms with van der Waals surface area (Å²) in [7, 11) is 1.76. The number of ether oxygens (including phenoxy) is 1. The maximum Gasteiger partial charge on any atom is 0.119 e. The smallest absolute Gasteiger partial charge is 0.119 e. The Morgan fingerprint density at radius 1 is 1.32 bits per heavy atom. The van der Waals surface area contributed by atoms with E-state index in [1.165, 1.54) is 49.7 Å². The zero-order valence-electron chi connectivity index (χ0n) is 14.8. The number of hydrogen-bond donors (Lipinski definition) is 1. The minimum Gasteiger partial charge on any atom is -0.497 e. The van der Waals surface area contributed by atoms with Gasteiger partial charge in [0.2, 0.25) is 0 Å². The van der Waals surface area contributed by atoms with E-state index in [-0.39, 0.29) is 0 Å². The van der Waals surface area contributed by atoms with Crippen molar-refractivity contribution < 1.29 is 4.74 Å². The molecule has 0 heterocycles. The van der Waals surface area contributed by atoms with Gasteiger partial charge in [-0.2, -0.15) is 0 Å². The van der Waals surface area contributed by atoms with Crippen LogP contribution in [0.15, 0.2) is 18.2 Å². The van der Waals surface area contributed by atoms with Gasteiger partial charge in [-0.1, -0.05) is 32.8 Å². The fraction of sp³-hybridized carbons (Fsp3) is 0.700. The molecule has 1 fully saturated rings. The summed E-state index contributed by atoms with van der Waals surface area (Å²) in [5, 5.41) is 0. The van der Waals surface area contributed by atoms with Gasteiger partial charge in [0, 0.05) is 0 Å². The van der Waals surface area contributed by atoms with Crippen LogP contribution in [0.25, 0.3) is 0 Å². The molecule has 2 N–H and O–H groups in total. The van der Waals surface area contributed by atoms with Crippen molar-refractivity contribution in [3.8, 4) is 5.75 Å². The van der Waals surface area contributed by atoms with E-state index in [1.807, 2.05) is 0 Å². The summed E-state index contributed by atoms with van der Waals surface area (Å²) in [4.78, 5) is 0. The highest BCUT2D eigenvalue weighted by molar-refractivity contribution is 5.37. The number of aryl methyl sites for hydroxylation is 1. The van der Waals surface area contributed by atoms with Crippen LogP contribution < -0.4 is 10.5 Å². The molecule has 124 valence electrons. The van der Waals surface area contributed by atoms with Crippen molar-refractivity contribution in [1.82, 2.24) is 0 Å². The number of rotatable bonds is 5. The predicted octanol–water partition coefficient (Wildman–Crippen LogP) is 5.04. The Kier molecular flexibility index (Phi) is 5.91. The van der Waals surface area contributed by atoms with Gasteiger partial charge >= 0.3 is 0 Å². The summed E-state index contributed by atoms with van der Waals surface area (Å²) in [6, 6.07) is 6.55. The van der Waals surface area contributed by atoms with E-state index in [1.54, 1.807) is 7.11 Å². The van der Waals surface area contributed by atoms with Crippen molar-refractivity contribution in [3.63, 3.8) is 0 Å². The molecule has 0 aromatic heterocycles. The SMILES string of the molecule is CCC1CC(CC)(CN)CCCC1c1cc(OC)ccc1C. The van der Waals surface area contributed by atoms with Crippen LogP contribution in [0.5, 0.6) is 5.75 Å². The highest BCUT2D eigenvalue weighted by atomic mass is 16.5. The molecule has 1 saturated carbocycles. The fourth-order valence-electron chi connectivity index (χ4n) is 4.37. The van der Waals surface area contributed by atoms with Crippen LogP contribution in [-0.2, 0) is 0 Å². The molecule has 3 atom stereocenters. The van der Waals surface area contributed by atoms with Gasteiger partial charge in [-0.05, 0) is 79.7 Å². The molecule has 2 rings (SSSR count). The van der Waals surface area contributed by atoms with Gasteiger partial charge in [-0.3, -0.25) is 0 Å². The lowest BCUT2D eigenvalue weighted by Gasteiger charge is -2.34. The maximum atomic E-state index is 6.17. The molecule has 1 aromatic rings. The monoisotopic (exact) mass is 303 g/mol. The van der Waals surface area contributed by atoms with E-state index in [9.17, 15) is 0 Å². The minimum atomic E-state index is 0.363. The van der Waals surface area contributed by atoms with E-state index in [0.29, 0.717) is 11.3 Å². The molecular formula is C20H33NO. The zero-order chi connectivity index (χ0) is 16.2. The van der Waals surface area contributed by atoms with Crippen molar-refractivity contribution in [3.05, 3.63) is 29.3 Å². The van der Waals surface area contributed by atoms with Crippen LogP contribution in [-0.4, -0.2) is 13.7 Å². The van der Waals surface area contributed by atoms with Gasteiger partial charge in [0.1, 0.15) is 5.75 Å². The Morgan fingerprint density at radius 3 is 2.68 bits per heavy atom. The number of benzene rings is 1. The van der Waals surface area contributed by atoms with Crippen LogP contribution in [0.3, 0.4) is 0 Å². The summed E-state index contributed by atoms with van der Waals surface area (Å²) < 4.78 is 5.46. The molecule has 1 aliphatic rings. The third kappa shape index (κ3) is 3.48. The largest absolute Gasteiger partial charge is 0.497 e. The second-order valence-electron chi connectivity index (χ2n) is 7.15. The van der Waals surface area contributed by atoms with E-state index >= 15 is 0 Å². The van der Waals surface area contributed by atoms with Crippen LogP contribution in [0.1, 0.15) is 69.4 Å². The number of hydrogen-bond acceptors (Lipinski definition) is 2. The zero-order valence-corrected chi connectivity index (χ0v) is 14.8. The van der Waals surface area contributed by atoms with E-state index in [4.69, 9.17) is 10.5 Å². The summed E-state index contributed by atoms with van der Waals surface area (Å²) in [6.07, 6.45) is 7.60. The van der Waals surface area contributed by atoms with Gasteiger partial charge in [-0.15, -0.1) is 0 Å². The third-order valence-electron chi connectivity index (χ3n) is 6.08. The molecule has 22 heavy (non-hydrogen) atoms. The topological polar surface area (TPSA) is 35.2 Å². The van der Waals surface area contributed by atoms with Crippen molar-refractivity contribution in [2.45, 2.75) is 65.2 Å². The fourth-order valence-corrected chi connectivity index (χ4v) is 4.37. The first-order valence-corrected chi connectivity index (χ1v) is 8.93. The highest BCUT2D eigenvalue weighted by Gasteiger charge is 2.36. The van der Waals surface area contributed by atoms with Gasteiger partial charge in [0.25, 0.3) is 0 Å². The van der Waals surface area contributed by atoms with Crippen LogP contribution >= 0.6 is 0 Å². The average molecular weight is 303 g/mol. The van der Waals surface area contributed by atoms with Gasteiger partial charge in [-0.25, -0.2) is 0 Å². The van der Waals surface area contributed by atoms with Gasteiger partial charge in [0.05, 0.1) is 7.11 Å². The first kappa shape index (κ1) is 17.3. The molecule has 0 radical (unpaired) electrons. The van der Waals surface area contributed by atoms with Crippen molar-refractivity contribution >= 4 is 0 Å². The lowest BCUT2D eigenvalue weighted by Crippen LogP contribution is -2.31. The predicted molar refractivity (Wildman–Crippen MR) is 94.5 cm³/mol. The lowest BCUT2D eigenvalue weighted by atomic mass is 9.72. The molecule has 1 aromatic carbocycles. The molecule has 2 heteroatoms. The molecule has 0 bridgehead atoms. The van der Waals surface area contributed by atoms with Crippen LogP contribution in [0, 0.1) is 18.3 Å². The second kappa shape index (κ2) is 7.50. The molecule has 1 aliphatic carbocycles. The van der Waals surface area contributed by atoms with E-state index < -0.39 is 0 Å². The standard InChI is InChI=1S/C20H33NO/c1-5-16-13-20(6-2,14-21)11-7-8-18(16)19-12-17(22-4)10-9-15(19)3/h9-10,12,16,18H,5-8,11,13-14,21H2,1-4H3. The van der Waals surface area contributed by atoms with E-state index in [2.05, 4.69) is 39.0 Å². The van der Waals surface area contributed by atoms with Crippen LogP contribution in [0.4, 0.5) is 0 Å². The Hall–Kier alpha value is -1.02. The summed E-state index contributed by atoms with van der Waals surface area (Å²) >= 11 is 0. The Labute approximate surface area is 136 Å². The molecule has 0 amide bonds. The van der Waals surface area contributed by atoms with Crippen LogP contribution in [0.2, 0.25) is 0 Å². The first-order valence-electron chi connectivity index (χ1n) is 8.93. The van der Waals surface area contributed by atoms with Crippen molar-refractivity contribution in [2.24, 2.45) is 17.1 Å². The normalized spacial score (nSPS) is 29.1. The molecule has 0 saturated heterocycles. The first-order chi connectivity index (χ1) is 10.6. The third-order valence-corrected chi connectivity index (χ3v) is 6.08. The summed E-state index contributed by atoms with van der Waals surface area (Å²) in [5.74, 6) is 2.37. The van der Waals surface area contributed by atoms with Gasteiger partial charge < -0.3 is 10.5 Å². The van der Waals surface area contributed by atoms with Gasteiger partial charge in [0.15, 0.2) is 0 Å². The Balaban J connectivity index is 2.34. The molecule has 0 spiro atoms. The second-order valence-corrected chi connectivity index (χ2v) is 7.15. The average Bonchev–Trinajstić information content (AvgIpc) is 2.75. The number of nitrogens with two attached hydrogens (primary N) is 1. The maximum absolute atomic E-state index is 6.17. The van der Waals surface area contributed by atoms with Crippen molar-refractivity contribution in [2.75, 3.05) is 13.7 Å². The lowest BCUT2D eigenvalue weighted by molar-refractivity contribution is 0.201. The quantitative estimate of drug-likeness (QED) is 0.773. The molecule has 3 unspecified atom stereocenters. The minimum absolute atomic E-state index is 0.363. The van der Waals surface area contributed by atoms with E-state index in [0.717, 1.165) is 18.2 Å². The molecule has 2 nitrogen and oxygen atoms in total.